The second-order valence-corrected chi connectivity index (χ2v) is 2.95. The molecule has 0 spiro atoms. The molecule has 0 rings (SSSR count). The monoisotopic (exact) mass is 210 g/mol. The molecule has 82 valence electrons. The van der Waals surface area contributed by atoms with Crippen molar-refractivity contribution in [2.45, 2.75) is 20.0 Å². The van der Waals surface area contributed by atoms with E-state index in [1.165, 1.54) is 26.0 Å². The molecule has 0 bridgehead atoms. The van der Waals surface area contributed by atoms with Crippen LogP contribution in [0.15, 0.2) is 36.6 Å². The van der Waals surface area contributed by atoms with Crippen molar-refractivity contribution in [2.75, 3.05) is 0 Å². The second kappa shape index (κ2) is 5.93. The molecule has 0 amide bonds. The summed E-state index contributed by atoms with van der Waals surface area (Å²) in [4.78, 5) is 21.3. The van der Waals surface area contributed by atoms with Gasteiger partial charge in [0.05, 0.1) is 0 Å². The Balaban J connectivity index is 4.28. The normalized spacial score (nSPS) is 12.2. The summed E-state index contributed by atoms with van der Waals surface area (Å²) in [5, 5.41) is 9.38. The number of hydrogen-bond acceptors (Lipinski definition) is 4. The van der Waals surface area contributed by atoms with Gasteiger partial charge in [-0.2, -0.15) is 0 Å². The average Bonchev–Trinajstić information content (AvgIpc) is 2.11. The molecule has 4 heteroatoms. The van der Waals surface area contributed by atoms with E-state index in [4.69, 9.17) is 0 Å². The van der Waals surface area contributed by atoms with Crippen molar-refractivity contribution < 1.29 is 19.4 Å². The number of aliphatic hydroxyl groups excluding tert-OH is 1. The largest absolute Gasteiger partial charge is 0.427 e. The topological polar surface area (TPSA) is 63.6 Å². The Morgan fingerprint density at radius 2 is 1.87 bits per heavy atom. The van der Waals surface area contributed by atoms with Crippen molar-refractivity contribution in [3.05, 3.63) is 36.6 Å². The van der Waals surface area contributed by atoms with E-state index in [-0.39, 0.29) is 17.1 Å². The lowest BCUT2D eigenvalue weighted by Gasteiger charge is -2.05. The highest BCUT2D eigenvalue weighted by Crippen LogP contribution is 2.05. The second-order valence-electron chi connectivity index (χ2n) is 2.95. The van der Waals surface area contributed by atoms with Crippen LogP contribution < -0.4 is 0 Å². The number of rotatable bonds is 5. The molecule has 1 atom stereocenters. The van der Waals surface area contributed by atoms with Gasteiger partial charge < -0.3 is 9.84 Å². The van der Waals surface area contributed by atoms with Gasteiger partial charge in [-0.05, 0) is 19.1 Å². The zero-order valence-corrected chi connectivity index (χ0v) is 8.82. The molecule has 0 saturated carbocycles. The van der Waals surface area contributed by atoms with E-state index in [1.54, 1.807) is 0 Å². The van der Waals surface area contributed by atoms with Crippen LogP contribution in [0.4, 0.5) is 0 Å². The Morgan fingerprint density at radius 1 is 1.33 bits per heavy atom. The number of allylic oxidation sites excluding steroid dienone is 1. The summed E-state index contributed by atoms with van der Waals surface area (Å²) in [5.41, 5.74) is 0.0712. The van der Waals surface area contributed by atoms with Gasteiger partial charge in [0, 0.05) is 12.5 Å². The Bertz CT molecular complexity index is 325. The van der Waals surface area contributed by atoms with Gasteiger partial charge >= 0.3 is 5.97 Å². The van der Waals surface area contributed by atoms with Crippen molar-refractivity contribution in [1.29, 1.82) is 0 Å². The molecule has 0 saturated heterocycles. The van der Waals surface area contributed by atoms with E-state index in [0.29, 0.717) is 0 Å². The maximum Gasteiger partial charge on any atom is 0.308 e. The average molecular weight is 210 g/mol. The van der Waals surface area contributed by atoms with Crippen LogP contribution in [0.5, 0.6) is 0 Å². The van der Waals surface area contributed by atoms with Gasteiger partial charge in [0.25, 0.3) is 0 Å². The fourth-order valence-corrected chi connectivity index (χ4v) is 0.742. The molecule has 0 aromatic heterocycles. The molecular weight excluding hydrogens is 196 g/mol. The predicted molar refractivity (Wildman–Crippen MR) is 55.9 cm³/mol. The Labute approximate surface area is 88.6 Å². The first kappa shape index (κ1) is 13.3. The molecule has 4 nitrogen and oxygen atoms in total. The lowest BCUT2D eigenvalue weighted by molar-refractivity contribution is -0.136. The lowest BCUT2D eigenvalue weighted by Crippen LogP contribution is -2.12. The molecule has 0 aromatic carbocycles. The highest BCUT2D eigenvalue weighted by molar-refractivity contribution is 5.93. The summed E-state index contributed by atoms with van der Waals surface area (Å²) in [6.45, 7) is 9.37. The van der Waals surface area contributed by atoms with E-state index < -0.39 is 12.1 Å². The van der Waals surface area contributed by atoms with Crippen molar-refractivity contribution in [2.24, 2.45) is 0 Å². The molecule has 1 unspecified atom stereocenters. The number of ether oxygens (including phenoxy) is 1. The van der Waals surface area contributed by atoms with E-state index in [0.717, 1.165) is 0 Å². The van der Waals surface area contributed by atoms with Gasteiger partial charge in [-0.1, -0.05) is 13.2 Å². The molecule has 0 aliphatic heterocycles. The molecule has 0 heterocycles. The molecule has 0 aliphatic carbocycles. The number of carbonyl (C=O) groups excluding carboxylic acids is 2. The van der Waals surface area contributed by atoms with Crippen LogP contribution in [0, 0.1) is 0 Å². The molecule has 0 aromatic rings. The quantitative estimate of drug-likeness (QED) is 0.320. The van der Waals surface area contributed by atoms with E-state index in [2.05, 4.69) is 17.9 Å². The van der Waals surface area contributed by atoms with Gasteiger partial charge in [0.1, 0.15) is 11.9 Å². The third kappa shape index (κ3) is 5.59. The van der Waals surface area contributed by atoms with Crippen molar-refractivity contribution in [3.63, 3.8) is 0 Å². The summed E-state index contributed by atoms with van der Waals surface area (Å²) >= 11 is 0. The fourth-order valence-electron chi connectivity index (χ4n) is 0.742. The first-order valence-electron chi connectivity index (χ1n) is 4.28. The van der Waals surface area contributed by atoms with Crippen LogP contribution in [-0.4, -0.2) is 23.0 Å². The van der Waals surface area contributed by atoms with Crippen LogP contribution >= 0.6 is 0 Å². The van der Waals surface area contributed by atoms with E-state index in [1.807, 2.05) is 0 Å². The smallest absolute Gasteiger partial charge is 0.308 e. The Kier molecular flexibility index (Phi) is 5.26. The Morgan fingerprint density at radius 3 is 2.27 bits per heavy atom. The minimum absolute atomic E-state index is 0.0712. The number of ketones is 1. The highest BCUT2D eigenvalue weighted by atomic mass is 16.5. The van der Waals surface area contributed by atoms with Gasteiger partial charge in [-0.25, -0.2) is 0 Å². The summed E-state index contributed by atoms with van der Waals surface area (Å²) in [6.07, 6.45) is 1.49. The molecular formula is C11H14O4. The summed E-state index contributed by atoms with van der Waals surface area (Å²) in [5.74, 6) is -0.701. The molecule has 1 N–H and O–H groups in total. The van der Waals surface area contributed by atoms with Crippen LogP contribution in [0.1, 0.15) is 13.8 Å². The third-order valence-corrected chi connectivity index (χ3v) is 1.55. The highest BCUT2D eigenvalue weighted by Gasteiger charge is 2.09. The number of esters is 1. The SMILES string of the molecule is C=C(/C=C/C(O)C(=C)C(C)=O)OC(C)=O. The first-order valence-corrected chi connectivity index (χ1v) is 4.28. The van der Waals surface area contributed by atoms with Gasteiger partial charge in [-0.15, -0.1) is 0 Å². The standard InChI is InChI=1S/C11H14O4/c1-7(15-10(4)13)5-6-11(14)8(2)9(3)12/h5-6,11,14H,1-2H2,3-4H3/b6-5+. The van der Waals surface area contributed by atoms with Crippen molar-refractivity contribution in [1.82, 2.24) is 0 Å². The van der Waals surface area contributed by atoms with Crippen LogP contribution in [0.2, 0.25) is 0 Å². The van der Waals surface area contributed by atoms with Crippen LogP contribution in [0.3, 0.4) is 0 Å². The zero-order valence-electron chi connectivity index (χ0n) is 8.82. The van der Waals surface area contributed by atoms with Crippen LogP contribution in [-0.2, 0) is 14.3 Å². The van der Waals surface area contributed by atoms with Crippen LogP contribution in [0.25, 0.3) is 0 Å². The minimum atomic E-state index is -1.09. The summed E-state index contributed by atoms with van der Waals surface area (Å²) in [7, 11) is 0. The zero-order chi connectivity index (χ0) is 12.0. The Hall–Kier alpha value is -1.68. The van der Waals surface area contributed by atoms with Gasteiger partial charge in [0.2, 0.25) is 0 Å². The molecule has 0 fully saturated rings. The molecule has 15 heavy (non-hydrogen) atoms. The third-order valence-electron chi connectivity index (χ3n) is 1.55. The van der Waals surface area contributed by atoms with E-state index in [9.17, 15) is 14.7 Å². The molecule has 0 radical (unpaired) electrons. The van der Waals surface area contributed by atoms with Crippen molar-refractivity contribution >= 4 is 11.8 Å². The van der Waals surface area contributed by atoms with Gasteiger partial charge in [-0.3, -0.25) is 9.59 Å². The number of hydrogen-bond donors (Lipinski definition) is 1. The number of aliphatic hydroxyl groups is 1. The summed E-state index contributed by atoms with van der Waals surface area (Å²) in [6, 6.07) is 0. The molecule has 0 aliphatic rings. The lowest BCUT2D eigenvalue weighted by atomic mass is 10.1. The minimum Gasteiger partial charge on any atom is -0.427 e. The number of carbonyl (C=O) groups is 2. The summed E-state index contributed by atoms with van der Waals surface area (Å²) < 4.78 is 4.59. The van der Waals surface area contributed by atoms with Gasteiger partial charge in [0.15, 0.2) is 5.78 Å². The predicted octanol–water partition coefficient (Wildman–Crippen LogP) is 1.13. The van der Waals surface area contributed by atoms with E-state index >= 15 is 0 Å². The fraction of sp³-hybridized carbons (Fsp3) is 0.273. The maximum atomic E-state index is 10.8. The first-order chi connectivity index (χ1) is 6.84. The van der Waals surface area contributed by atoms with Crippen molar-refractivity contribution in [3.8, 4) is 0 Å². The number of Topliss-reactive ketones (excluding diaryl/α,β-unsaturated/α-hetero) is 1. The maximum absolute atomic E-state index is 10.8.